The number of anilines is 1. The smallest absolute Gasteiger partial charge is 0.144 e. The summed E-state index contributed by atoms with van der Waals surface area (Å²) in [5.41, 5.74) is 3.98. The molecule has 0 saturated carbocycles. The number of methoxy groups -OCH3 is 2. The number of ether oxygens (including phenoxy) is 2. The molecular formula is C22H20ClN3O3S. The zero-order chi connectivity index (χ0) is 21.4. The van der Waals surface area contributed by atoms with Crippen LogP contribution in [0.15, 0.2) is 47.5 Å². The summed E-state index contributed by atoms with van der Waals surface area (Å²) in [6.45, 7) is 2.17. The lowest BCUT2D eigenvalue weighted by Crippen LogP contribution is -2.26. The Morgan fingerprint density at radius 1 is 1.13 bits per heavy atom. The lowest BCUT2D eigenvalue weighted by molar-refractivity contribution is 0.400. The van der Waals surface area contributed by atoms with Gasteiger partial charge in [-0.1, -0.05) is 41.4 Å². The minimum atomic E-state index is 0.0841. The van der Waals surface area contributed by atoms with Gasteiger partial charge < -0.3 is 19.5 Å². The molecule has 0 aliphatic carbocycles. The maximum absolute atomic E-state index is 10.7. The summed E-state index contributed by atoms with van der Waals surface area (Å²) < 4.78 is 10.8. The summed E-state index contributed by atoms with van der Waals surface area (Å²) in [4.78, 5) is 6.32. The van der Waals surface area contributed by atoms with Crippen molar-refractivity contribution in [1.29, 1.82) is 5.41 Å². The Bertz CT molecular complexity index is 1150. The first-order valence-electron chi connectivity index (χ1n) is 9.16. The van der Waals surface area contributed by atoms with Crippen molar-refractivity contribution >= 4 is 40.0 Å². The van der Waals surface area contributed by atoms with Gasteiger partial charge in [-0.2, -0.15) is 0 Å². The van der Waals surface area contributed by atoms with E-state index in [2.05, 4.69) is 4.98 Å². The fourth-order valence-corrected chi connectivity index (χ4v) is 4.44. The van der Waals surface area contributed by atoms with Crippen molar-refractivity contribution in [1.82, 2.24) is 4.98 Å². The van der Waals surface area contributed by atoms with Gasteiger partial charge in [0, 0.05) is 23.1 Å². The Morgan fingerprint density at radius 2 is 1.83 bits per heavy atom. The van der Waals surface area contributed by atoms with Crippen LogP contribution < -0.4 is 14.4 Å². The molecule has 1 aliphatic heterocycles. The number of aryl methyl sites for hydroxylation is 1. The molecule has 8 heteroatoms. The summed E-state index contributed by atoms with van der Waals surface area (Å²) >= 11 is 7.60. The van der Waals surface area contributed by atoms with Crippen LogP contribution >= 0.6 is 22.9 Å². The van der Waals surface area contributed by atoms with Gasteiger partial charge in [0.2, 0.25) is 0 Å². The van der Waals surface area contributed by atoms with Crippen LogP contribution in [0.5, 0.6) is 11.5 Å². The topological polar surface area (TPSA) is 78.7 Å². The maximum atomic E-state index is 10.7. The van der Waals surface area contributed by atoms with Crippen molar-refractivity contribution in [2.24, 2.45) is 0 Å². The molecule has 1 aromatic heterocycles. The first-order valence-corrected chi connectivity index (χ1v) is 10.4. The van der Waals surface area contributed by atoms with Crippen molar-refractivity contribution in [2.45, 2.75) is 6.92 Å². The Balaban J connectivity index is 1.68. The van der Waals surface area contributed by atoms with E-state index in [-0.39, 0.29) is 18.1 Å². The van der Waals surface area contributed by atoms with Gasteiger partial charge in [-0.25, -0.2) is 4.98 Å². The molecule has 0 spiro atoms. The number of aromatic nitrogens is 1. The molecule has 0 amide bonds. The van der Waals surface area contributed by atoms with Crippen LogP contribution in [-0.4, -0.2) is 36.7 Å². The van der Waals surface area contributed by atoms with Crippen molar-refractivity contribution in [3.05, 3.63) is 63.1 Å². The van der Waals surface area contributed by atoms with E-state index in [9.17, 15) is 5.11 Å². The number of benzene rings is 2. The van der Waals surface area contributed by atoms with Gasteiger partial charge in [-0.05, 0) is 6.92 Å². The number of rotatable bonds is 5. The molecule has 4 rings (SSSR count). The molecule has 154 valence electrons. The highest BCUT2D eigenvalue weighted by atomic mass is 35.5. The van der Waals surface area contributed by atoms with Crippen molar-refractivity contribution < 1.29 is 14.6 Å². The monoisotopic (exact) mass is 441 g/mol. The van der Waals surface area contributed by atoms with Crippen molar-refractivity contribution in [3.8, 4) is 22.8 Å². The molecule has 6 nitrogen and oxygen atoms in total. The first kappa shape index (κ1) is 20.3. The highest BCUT2D eigenvalue weighted by Gasteiger charge is 2.33. The average molecular weight is 442 g/mol. The number of hydrogen-bond acceptors (Lipinski definition) is 6. The van der Waals surface area contributed by atoms with Crippen LogP contribution in [0.4, 0.5) is 5.69 Å². The van der Waals surface area contributed by atoms with Crippen LogP contribution in [0, 0.1) is 12.3 Å². The lowest BCUT2D eigenvalue weighted by Gasteiger charge is -2.22. The zero-order valence-corrected chi connectivity index (χ0v) is 18.3. The Hall–Kier alpha value is -3.03. The molecule has 0 radical (unpaired) electrons. The molecule has 2 heterocycles. The van der Waals surface area contributed by atoms with E-state index in [4.69, 9.17) is 26.5 Å². The first-order chi connectivity index (χ1) is 14.4. The summed E-state index contributed by atoms with van der Waals surface area (Å²) in [5.74, 6) is 1.17. The second kappa shape index (κ2) is 8.01. The van der Waals surface area contributed by atoms with E-state index < -0.39 is 0 Å². The SMILES string of the molecule is COc1cc(N2CC(O)=C(c3nc(-c4ccc(C)cc4)cs3)C2=N)c(OC)cc1Cl. The summed E-state index contributed by atoms with van der Waals surface area (Å²) in [6, 6.07) is 11.4. The second-order valence-electron chi connectivity index (χ2n) is 6.82. The molecule has 0 atom stereocenters. The maximum Gasteiger partial charge on any atom is 0.144 e. The van der Waals surface area contributed by atoms with E-state index >= 15 is 0 Å². The van der Waals surface area contributed by atoms with E-state index in [0.717, 1.165) is 11.3 Å². The third-order valence-corrected chi connectivity index (χ3v) is 6.07. The minimum absolute atomic E-state index is 0.0841. The number of aliphatic hydroxyl groups excluding tert-OH is 1. The number of amidine groups is 1. The van der Waals surface area contributed by atoms with Crippen molar-refractivity contribution in [3.63, 3.8) is 0 Å². The quantitative estimate of drug-likeness (QED) is 0.542. The number of aliphatic hydroxyl groups is 1. The van der Waals surface area contributed by atoms with Crippen LogP contribution in [0.1, 0.15) is 10.6 Å². The van der Waals surface area contributed by atoms with Gasteiger partial charge in [-0.15, -0.1) is 11.3 Å². The van der Waals surface area contributed by atoms with Gasteiger partial charge in [0.1, 0.15) is 28.1 Å². The van der Waals surface area contributed by atoms with Gasteiger partial charge in [-0.3, -0.25) is 5.41 Å². The molecule has 0 fully saturated rings. The highest BCUT2D eigenvalue weighted by Crippen LogP contribution is 2.42. The Labute approximate surface area is 183 Å². The number of halogens is 1. The molecule has 0 unspecified atom stereocenters. The Kier molecular flexibility index (Phi) is 5.40. The molecule has 0 bridgehead atoms. The fourth-order valence-electron chi connectivity index (χ4n) is 3.31. The highest BCUT2D eigenvalue weighted by molar-refractivity contribution is 7.11. The van der Waals surface area contributed by atoms with E-state index in [1.807, 2.05) is 36.6 Å². The second-order valence-corrected chi connectivity index (χ2v) is 8.08. The number of thiazole rings is 1. The molecule has 30 heavy (non-hydrogen) atoms. The zero-order valence-electron chi connectivity index (χ0n) is 16.7. The largest absolute Gasteiger partial charge is 0.510 e. The third-order valence-electron chi connectivity index (χ3n) is 4.91. The fraction of sp³-hybridized carbons (Fsp3) is 0.182. The van der Waals surface area contributed by atoms with Gasteiger partial charge in [0.15, 0.2) is 0 Å². The molecule has 2 aromatic carbocycles. The van der Waals surface area contributed by atoms with Crippen molar-refractivity contribution in [2.75, 3.05) is 25.7 Å². The van der Waals surface area contributed by atoms with E-state index in [1.54, 1.807) is 17.0 Å². The van der Waals surface area contributed by atoms with Gasteiger partial charge in [0.05, 0.1) is 42.7 Å². The summed E-state index contributed by atoms with van der Waals surface area (Å²) in [7, 11) is 3.06. The minimum Gasteiger partial charge on any atom is -0.510 e. The average Bonchev–Trinajstić information content (AvgIpc) is 3.32. The van der Waals surface area contributed by atoms with Crippen LogP contribution in [0.2, 0.25) is 5.02 Å². The molecule has 1 aliphatic rings. The number of hydrogen-bond donors (Lipinski definition) is 2. The molecule has 2 N–H and O–H groups in total. The standard InChI is InChI=1S/C22H20ClN3O3S/c1-12-4-6-13(7-5-12)15-11-30-22(25-15)20-17(27)10-26(21(20)24)16-9-18(28-2)14(23)8-19(16)29-3/h4-9,11,24,27H,10H2,1-3H3. The molecular weight excluding hydrogens is 422 g/mol. The van der Waals surface area contributed by atoms with Crippen LogP contribution in [0.25, 0.3) is 16.8 Å². The normalized spacial score (nSPS) is 13.9. The third kappa shape index (κ3) is 3.51. The Morgan fingerprint density at radius 3 is 2.50 bits per heavy atom. The predicted octanol–water partition coefficient (Wildman–Crippen LogP) is 5.56. The molecule has 0 saturated heterocycles. The molecule has 3 aromatic rings. The van der Waals surface area contributed by atoms with Crippen LogP contribution in [0.3, 0.4) is 0 Å². The summed E-state index contributed by atoms with van der Waals surface area (Å²) in [6.07, 6.45) is 0. The van der Waals surface area contributed by atoms with E-state index in [1.165, 1.54) is 31.1 Å². The van der Waals surface area contributed by atoms with E-state index in [0.29, 0.717) is 32.8 Å². The number of nitrogens with zero attached hydrogens (tertiary/aromatic N) is 2. The predicted molar refractivity (Wildman–Crippen MR) is 121 cm³/mol. The summed E-state index contributed by atoms with van der Waals surface area (Å²) in [5, 5.41) is 22.3. The van der Waals surface area contributed by atoms with Gasteiger partial charge >= 0.3 is 0 Å². The lowest BCUT2D eigenvalue weighted by atomic mass is 10.1. The van der Waals surface area contributed by atoms with Crippen LogP contribution in [-0.2, 0) is 0 Å². The van der Waals surface area contributed by atoms with Gasteiger partial charge in [0.25, 0.3) is 0 Å². The number of nitrogens with one attached hydrogen (secondary N) is 1.